The van der Waals surface area contributed by atoms with E-state index in [9.17, 15) is 13.2 Å². The van der Waals surface area contributed by atoms with Gasteiger partial charge in [-0.15, -0.1) is 0 Å². The second-order valence-electron chi connectivity index (χ2n) is 3.10. The Morgan fingerprint density at radius 3 is 2.20 bits per heavy atom. The Morgan fingerprint density at radius 2 is 1.73 bits per heavy atom. The summed E-state index contributed by atoms with van der Waals surface area (Å²) in [6.45, 7) is 3.69. The maximum Gasteiger partial charge on any atom is 0.416 e. The van der Waals surface area contributed by atoms with Crippen LogP contribution in [0.4, 0.5) is 13.2 Å². The standard InChI is InChI=1S/C11H12F3S/c1-2-7-15-8-9-3-5-10(6-4-9)11(12,13)14/h3-6H,1-2,7-8H2. The third-order valence-electron chi connectivity index (χ3n) is 1.84. The Balaban J connectivity index is 2.57. The van der Waals surface area contributed by atoms with Crippen molar-refractivity contribution in [1.82, 2.24) is 0 Å². The molecule has 0 saturated heterocycles. The molecule has 0 aliphatic carbocycles. The quantitative estimate of drug-likeness (QED) is 0.703. The van der Waals surface area contributed by atoms with Gasteiger partial charge in [0.2, 0.25) is 0 Å². The summed E-state index contributed by atoms with van der Waals surface area (Å²) in [6.07, 6.45) is -3.40. The molecule has 0 N–H and O–H groups in total. The summed E-state index contributed by atoms with van der Waals surface area (Å²) in [7, 11) is 0. The number of hydrogen-bond acceptors (Lipinski definition) is 1. The SMILES string of the molecule is [CH2]CCSCc1ccc(C(F)(F)F)cc1. The monoisotopic (exact) mass is 233 g/mol. The number of benzene rings is 1. The lowest BCUT2D eigenvalue weighted by atomic mass is 10.1. The number of rotatable bonds is 4. The van der Waals surface area contributed by atoms with Crippen LogP contribution in [-0.4, -0.2) is 5.75 Å². The highest BCUT2D eigenvalue weighted by atomic mass is 32.2. The van der Waals surface area contributed by atoms with Crippen molar-refractivity contribution in [3.05, 3.63) is 42.3 Å². The van der Waals surface area contributed by atoms with Gasteiger partial charge in [-0.2, -0.15) is 24.9 Å². The van der Waals surface area contributed by atoms with E-state index in [-0.39, 0.29) is 0 Å². The fourth-order valence-corrected chi connectivity index (χ4v) is 1.86. The highest BCUT2D eigenvalue weighted by Gasteiger charge is 2.29. The summed E-state index contributed by atoms with van der Waals surface area (Å²) in [5, 5.41) is 0. The van der Waals surface area contributed by atoms with Crippen LogP contribution in [0.5, 0.6) is 0 Å². The van der Waals surface area contributed by atoms with Gasteiger partial charge in [0.25, 0.3) is 0 Å². The van der Waals surface area contributed by atoms with E-state index in [0.29, 0.717) is 0 Å². The molecule has 0 aliphatic rings. The number of halogens is 3. The van der Waals surface area contributed by atoms with E-state index in [1.807, 2.05) is 0 Å². The van der Waals surface area contributed by atoms with Crippen LogP contribution in [-0.2, 0) is 11.9 Å². The minimum atomic E-state index is -4.24. The molecular weight excluding hydrogens is 221 g/mol. The molecule has 1 rings (SSSR count). The first kappa shape index (κ1) is 12.4. The number of alkyl halides is 3. The van der Waals surface area contributed by atoms with Crippen molar-refractivity contribution in [2.75, 3.05) is 5.75 Å². The lowest BCUT2D eigenvalue weighted by Gasteiger charge is -2.07. The van der Waals surface area contributed by atoms with Crippen molar-refractivity contribution in [2.24, 2.45) is 0 Å². The lowest BCUT2D eigenvalue weighted by molar-refractivity contribution is -0.137. The molecule has 0 aliphatic heterocycles. The molecule has 0 bridgehead atoms. The zero-order chi connectivity index (χ0) is 11.3. The molecule has 0 fully saturated rings. The van der Waals surface area contributed by atoms with Gasteiger partial charge in [0, 0.05) is 5.75 Å². The Morgan fingerprint density at radius 1 is 1.13 bits per heavy atom. The normalized spacial score (nSPS) is 11.7. The Bertz CT molecular complexity index is 290. The van der Waals surface area contributed by atoms with E-state index in [2.05, 4.69) is 6.92 Å². The summed E-state index contributed by atoms with van der Waals surface area (Å²) >= 11 is 1.68. The van der Waals surface area contributed by atoms with Crippen molar-refractivity contribution in [3.63, 3.8) is 0 Å². The van der Waals surface area contributed by atoms with Crippen molar-refractivity contribution in [2.45, 2.75) is 18.3 Å². The molecule has 0 atom stereocenters. The van der Waals surface area contributed by atoms with Crippen LogP contribution in [0.2, 0.25) is 0 Å². The molecule has 0 nitrogen and oxygen atoms in total. The van der Waals surface area contributed by atoms with E-state index >= 15 is 0 Å². The minimum absolute atomic E-state index is 0.589. The summed E-state index contributed by atoms with van der Waals surface area (Å²) in [5.74, 6) is 1.68. The average Bonchev–Trinajstić information content (AvgIpc) is 2.18. The Kier molecular flexibility index (Phi) is 4.51. The molecule has 15 heavy (non-hydrogen) atoms. The number of hydrogen-bond donors (Lipinski definition) is 0. The third kappa shape index (κ3) is 4.16. The summed E-state index contributed by atoms with van der Waals surface area (Å²) in [6, 6.07) is 5.30. The topological polar surface area (TPSA) is 0 Å². The zero-order valence-corrected chi connectivity index (χ0v) is 9.00. The zero-order valence-electron chi connectivity index (χ0n) is 8.18. The van der Waals surface area contributed by atoms with E-state index in [1.54, 1.807) is 11.8 Å². The molecule has 1 aromatic rings. The van der Waals surface area contributed by atoms with Gasteiger partial charge in [0.05, 0.1) is 5.56 Å². The van der Waals surface area contributed by atoms with Gasteiger partial charge in [0.15, 0.2) is 0 Å². The fraction of sp³-hybridized carbons (Fsp3) is 0.364. The number of thioether (sulfide) groups is 1. The third-order valence-corrected chi connectivity index (χ3v) is 2.95. The predicted octanol–water partition coefficient (Wildman–Crippen LogP) is 4.16. The smallest absolute Gasteiger partial charge is 0.166 e. The first-order valence-corrected chi connectivity index (χ1v) is 5.72. The molecule has 0 spiro atoms. The second-order valence-corrected chi connectivity index (χ2v) is 4.21. The molecule has 0 aromatic heterocycles. The van der Waals surface area contributed by atoms with Gasteiger partial charge in [-0.05, 0) is 29.9 Å². The van der Waals surface area contributed by atoms with Crippen molar-refractivity contribution in [3.8, 4) is 0 Å². The highest BCUT2D eigenvalue weighted by molar-refractivity contribution is 7.98. The van der Waals surface area contributed by atoms with E-state index in [0.717, 1.165) is 35.6 Å². The Hall–Kier alpha value is -0.640. The van der Waals surface area contributed by atoms with Crippen molar-refractivity contribution >= 4 is 11.8 Å². The molecule has 0 saturated carbocycles. The van der Waals surface area contributed by atoms with E-state index < -0.39 is 11.7 Å². The molecule has 83 valence electrons. The van der Waals surface area contributed by atoms with E-state index in [1.165, 1.54) is 12.1 Å². The second kappa shape index (κ2) is 5.45. The van der Waals surface area contributed by atoms with Crippen LogP contribution < -0.4 is 0 Å². The van der Waals surface area contributed by atoms with Crippen LogP contribution in [0.3, 0.4) is 0 Å². The maximum absolute atomic E-state index is 12.2. The average molecular weight is 233 g/mol. The molecular formula is C11H12F3S. The fourth-order valence-electron chi connectivity index (χ4n) is 1.08. The molecule has 1 aromatic carbocycles. The molecule has 0 amide bonds. The van der Waals surface area contributed by atoms with Crippen molar-refractivity contribution in [1.29, 1.82) is 0 Å². The first-order chi connectivity index (χ1) is 7.04. The molecule has 4 heteroatoms. The minimum Gasteiger partial charge on any atom is -0.166 e. The molecule has 0 heterocycles. The summed E-state index contributed by atoms with van der Waals surface area (Å²) < 4.78 is 36.6. The molecule has 0 unspecified atom stereocenters. The van der Waals surface area contributed by atoms with Crippen LogP contribution >= 0.6 is 11.8 Å². The molecule has 1 radical (unpaired) electrons. The van der Waals surface area contributed by atoms with Gasteiger partial charge in [-0.1, -0.05) is 19.1 Å². The summed E-state index contributed by atoms with van der Waals surface area (Å²) in [4.78, 5) is 0. The van der Waals surface area contributed by atoms with Gasteiger partial charge in [-0.3, -0.25) is 0 Å². The van der Waals surface area contributed by atoms with Crippen molar-refractivity contribution < 1.29 is 13.2 Å². The Labute approximate surface area is 91.9 Å². The largest absolute Gasteiger partial charge is 0.416 e. The van der Waals surface area contributed by atoms with Crippen LogP contribution in [0.25, 0.3) is 0 Å². The van der Waals surface area contributed by atoms with Crippen LogP contribution in [0, 0.1) is 6.92 Å². The van der Waals surface area contributed by atoms with E-state index in [4.69, 9.17) is 0 Å². The first-order valence-electron chi connectivity index (χ1n) is 4.57. The highest BCUT2D eigenvalue weighted by Crippen LogP contribution is 2.29. The van der Waals surface area contributed by atoms with Crippen LogP contribution in [0.15, 0.2) is 24.3 Å². The van der Waals surface area contributed by atoms with Crippen LogP contribution in [0.1, 0.15) is 17.5 Å². The lowest BCUT2D eigenvalue weighted by Crippen LogP contribution is -2.04. The van der Waals surface area contributed by atoms with Gasteiger partial charge in [-0.25, -0.2) is 0 Å². The van der Waals surface area contributed by atoms with Gasteiger partial charge < -0.3 is 0 Å². The maximum atomic E-state index is 12.2. The summed E-state index contributed by atoms with van der Waals surface area (Å²) in [5.41, 5.74) is 0.329. The van der Waals surface area contributed by atoms with Gasteiger partial charge >= 0.3 is 6.18 Å². The van der Waals surface area contributed by atoms with Gasteiger partial charge in [0.1, 0.15) is 0 Å². The predicted molar refractivity (Wildman–Crippen MR) is 57.6 cm³/mol.